The number of aryl methyl sites for hydroxylation is 1. The molecule has 0 unspecified atom stereocenters. The van der Waals surface area contributed by atoms with Crippen molar-refractivity contribution in [1.82, 2.24) is 10.0 Å². The minimum atomic E-state index is -3.15. The third-order valence-corrected chi connectivity index (χ3v) is 5.16. The van der Waals surface area contributed by atoms with E-state index < -0.39 is 10.0 Å². The van der Waals surface area contributed by atoms with Crippen LogP contribution in [0.1, 0.15) is 37.8 Å². The summed E-state index contributed by atoms with van der Waals surface area (Å²) in [7, 11) is -3.15. The van der Waals surface area contributed by atoms with E-state index in [1.54, 1.807) is 11.3 Å². The minimum Gasteiger partial charge on any atom is -0.315 e. The topological polar surface area (TPSA) is 58.2 Å². The lowest BCUT2D eigenvalue weighted by Crippen LogP contribution is -2.27. The lowest BCUT2D eigenvalue weighted by molar-refractivity contribution is 0.555. The van der Waals surface area contributed by atoms with Gasteiger partial charge in [0.1, 0.15) is 0 Å². The molecule has 0 aromatic carbocycles. The molecule has 0 saturated carbocycles. The average molecular weight is 304 g/mol. The van der Waals surface area contributed by atoms with Crippen molar-refractivity contribution >= 4 is 21.4 Å². The summed E-state index contributed by atoms with van der Waals surface area (Å²) in [6.07, 6.45) is 1.58. The van der Waals surface area contributed by atoms with Crippen LogP contribution in [0, 0.1) is 6.92 Å². The maximum absolute atomic E-state index is 11.8. The van der Waals surface area contributed by atoms with Crippen molar-refractivity contribution in [2.24, 2.45) is 0 Å². The van der Waals surface area contributed by atoms with Crippen LogP contribution in [0.15, 0.2) is 10.8 Å². The fourth-order valence-electron chi connectivity index (χ4n) is 1.64. The lowest BCUT2D eigenvalue weighted by atomic mass is 10.2. The predicted octanol–water partition coefficient (Wildman–Crippen LogP) is 2.25. The number of hydrogen-bond acceptors (Lipinski definition) is 4. The van der Waals surface area contributed by atoms with Gasteiger partial charge in [-0.2, -0.15) is 11.3 Å². The number of unbranched alkanes of at least 4 members (excludes halogenated alkanes) is 1. The highest BCUT2D eigenvalue weighted by atomic mass is 32.2. The number of nitrogens with one attached hydrogen (secondary N) is 2. The summed E-state index contributed by atoms with van der Waals surface area (Å²) in [6.45, 7) is 7.44. The first-order chi connectivity index (χ1) is 8.91. The Morgan fingerprint density at radius 3 is 2.58 bits per heavy atom. The van der Waals surface area contributed by atoms with Gasteiger partial charge in [-0.15, -0.1) is 0 Å². The quantitative estimate of drug-likeness (QED) is 0.688. The Morgan fingerprint density at radius 2 is 2.00 bits per heavy atom. The van der Waals surface area contributed by atoms with Gasteiger partial charge in [0.05, 0.1) is 5.75 Å². The van der Waals surface area contributed by atoms with Gasteiger partial charge in [0, 0.05) is 12.6 Å². The van der Waals surface area contributed by atoms with Crippen molar-refractivity contribution < 1.29 is 8.42 Å². The first-order valence-corrected chi connectivity index (χ1v) is 9.22. The highest BCUT2D eigenvalue weighted by molar-refractivity contribution is 7.89. The fourth-order valence-corrected chi connectivity index (χ4v) is 3.60. The highest BCUT2D eigenvalue weighted by Gasteiger charge is 2.10. The van der Waals surface area contributed by atoms with Crippen LogP contribution in [0.4, 0.5) is 0 Å². The minimum absolute atomic E-state index is 0.204. The van der Waals surface area contributed by atoms with E-state index in [-0.39, 0.29) is 5.75 Å². The van der Waals surface area contributed by atoms with Crippen LogP contribution in [0.25, 0.3) is 0 Å². The van der Waals surface area contributed by atoms with Crippen molar-refractivity contribution in [2.75, 3.05) is 12.3 Å². The van der Waals surface area contributed by atoms with E-state index >= 15 is 0 Å². The smallest absolute Gasteiger partial charge is 0.211 e. The van der Waals surface area contributed by atoms with E-state index in [1.165, 1.54) is 0 Å². The zero-order chi connectivity index (χ0) is 14.3. The zero-order valence-corrected chi connectivity index (χ0v) is 13.5. The van der Waals surface area contributed by atoms with Gasteiger partial charge < -0.3 is 5.32 Å². The van der Waals surface area contributed by atoms with Crippen molar-refractivity contribution in [1.29, 1.82) is 0 Å². The van der Waals surface area contributed by atoms with Crippen LogP contribution < -0.4 is 10.0 Å². The molecule has 1 aromatic heterocycles. The molecule has 0 spiro atoms. The first kappa shape index (κ1) is 16.6. The van der Waals surface area contributed by atoms with Crippen LogP contribution in [0.3, 0.4) is 0 Å². The summed E-state index contributed by atoms with van der Waals surface area (Å²) in [4.78, 5) is 0. The number of thiophene rings is 1. The molecule has 0 saturated heterocycles. The molecule has 4 nitrogen and oxygen atoms in total. The Labute approximate surface area is 120 Å². The van der Waals surface area contributed by atoms with Crippen molar-refractivity contribution in [3.05, 3.63) is 21.9 Å². The summed E-state index contributed by atoms with van der Waals surface area (Å²) >= 11 is 1.60. The molecule has 0 aliphatic rings. The molecule has 110 valence electrons. The Balaban J connectivity index is 2.23. The largest absolute Gasteiger partial charge is 0.315 e. The van der Waals surface area contributed by atoms with Crippen LogP contribution in [0.5, 0.6) is 0 Å². The van der Waals surface area contributed by atoms with E-state index in [9.17, 15) is 8.42 Å². The maximum Gasteiger partial charge on any atom is 0.211 e. The molecular weight excluding hydrogens is 280 g/mol. The van der Waals surface area contributed by atoms with Gasteiger partial charge in [-0.25, -0.2) is 13.1 Å². The van der Waals surface area contributed by atoms with Gasteiger partial charge in [-0.05, 0) is 48.2 Å². The predicted molar refractivity (Wildman–Crippen MR) is 82.1 cm³/mol. The standard InChI is InChI=1S/C13H24N2O2S2/c1-11(2)14-6-4-5-7-19(16,17)15-8-13-10-18-9-12(13)3/h9-11,14-15H,4-8H2,1-3H3. The fraction of sp³-hybridized carbons (Fsp3) is 0.692. The molecule has 0 bridgehead atoms. The third-order valence-electron chi connectivity index (χ3n) is 2.84. The summed E-state index contributed by atoms with van der Waals surface area (Å²) in [5, 5.41) is 7.30. The highest BCUT2D eigenvalue weighted by Crippen LogP contribution is 2.13. The molecule has 0 aliphatic heterocycles. The number of hydrogen-bond donors (Lipinski definition) is 2. The van der Waals surface area contributed by atoms with Gasteiger partial charge in [-0.1, -0.05) is 13.8 Å². The molecule has 0 fully saturated rings. The summed E-state index contributed by atoms with van der Waals surface area (Å²) in [5.41, 5.74) is 2.21. The second-order valence-corrected chi connectivity index (χ2v) is 7.71. The van der Waals surface area contributed by atoms with Gasteiger partial charge in [0.15, 0.2) is 0 Å². The normalized spacial score (nSPS) is 12.2. The second-order valence-electron chi connectivity index (χ2n) is 5.04. The van der Waals surface area contributed by atoms with Crippen LogP contribution in [-0.2, 0) is 16.6 Å². The Hall–Kier alpha value is -0.430. The van der Waals surface area contributed by atoms with Crippen LogP contribution >= 0.6 is 11.3 Å². The van der Waals surface area contributed by atoms with Gasteiger partial charge in [-0.3, -0.25) is 0 Å². The molecule has 1 rings (SSSR count). The average Bonchev–Trinajstić information content (AvgIpc) is 2.71. The SMILES string of the molecule is Cc1cscc1CNS(=O)(=O)CCCCNC(C)C. The summed E-state index contributed by atoms with van der Waals surface area (Å²) in [5.74, 6) is 0.204. The van der Waals surface area contributed by atoms with Gasteiger partial charge >= 0.3 is 0 Å². The molecule has 1 aromatic rings. The molecule has 1 heterocycles. The molecule has 0 atom stereocenters. The Bertz CT molecular complexity index is 467. The monoisotopic (exact) mass is 304 g/mol. The van der Waals surface area contributed by atoms with Crippen molar-refractivity contribution in [3.8, 4) is 0 Å². The molecule has 19 heavy (non-hydrogen) atoms. The van der Waals surface area contributed by atoms with Gasteiger partial charge in [0.25, 0.3) is 0 Å². The first-order valence-electron chi connectivity index (χ1n) is 6.63. The molecule has 0 amide bonds. The Kier molecular flexibility index (Phi) is 6.99. The molecule has 6 heteroatoms. The van der Waals surface area contributed by atoms with E-state index in [2.05, 4.69) is 23.9 Å². The molecule has 0 aliphatic carbocycles. The van der Waals surface area contributed by atoms with E-state index in [0.717, 1.165) is 24.1 Å². The van der Waals surface area contributed by atoms with E-state index in [0.29, 0.717) is 19.0 Å². The second kappa shape index (κ2) is 7.99. The third kappa shape index (κ3) is 7.06. The van der Waals surface area contributed by atoms with Crippen molar-refractivity contribution in [2.45, 2.75) is 46.2 Å². The lowest BCUT2D eigenvalue weighted by Gasteiger charge is -2.09. The van der Waals surface area contributed by atoms with E-state index in [4.69, 9.17) is 0 Å². The summed E-state index contributed by atoms with van der Waals surface area (Å²) in [6, 6.07) is 0.455. The number of rotatable bonds is 9. The molecular formula is C13H24N2O2S2. The van der Waals surface area contributed by atoms with Crippen molar-refractivity contribution in [3.63, 3.8) is 0 Å². The van der Waals surface area contributed by atoms with E-state index in [1.807, 2.05) is 17.7 Å². The maximum atomic E-state index is 11.8. The summed E-state index contributed by atoms with van der Waals surface area (Å²) < 4.78 is 26.3. The molecule has 2 N–H and O–H groups in total. The van der Waals surface area contributed by atoms with Crippen LogP contribution in [-0.4, -0.2) is 26.8 Å². The number of sulfonamides is 1. The zero-order valence-electron chi connectivity index (χ0n) is 11.9. The van der Waals surface area contributed by atoms with Gasteiger partial charge in [0.2, 0.25) is 10.0 Å². The Morgan fingerprint density at radius 1 is 1.26 bits per heavy atom. The van der Waals surface area contributed by atoms with Crippen LogP contribution in [0.2, 0.25) is 0 Å². The molecule has 0 radical (unpaired) electrons.